The highest BCUT2D eigenvalue weighted by atomic mass is 35.5. The first-order valence-electron chi connectivity index (χ1n) is 8.13. The molecule has 1 saturated carbocycles. The Bertz CT molecular complexity index is 889. The average molecular weight is 367 g/mol. The Morgan fingerprint density at radius 1 is 1.24 bits per heavy atom. The van der Waals surface area contributed by atoms with E-state index < -0.39 is 17.2 Å². The highest BCUT2D eigenvalue weighted by Crippen LogP contribution is 2.38. The van der Waals surface area contributed by atoms with Gasteiger partial charge in [0.25, 0.3) is 0 Å². The normalized spacial score (nSPS) is 17.4. The number of hydrogen-bond donors (Lipinski definition) is 2. The summed E-state index contributed by atoms with van der Waals surface area (Å²) in [6.45, 7) is 2.96. The van der Waals surface area contributed by atoms with E-state index in [0.29, 0.717) is 24.3 Å². The van der Waals surface area contributed by atoms with E-state index in [1.165, 1.54) is 12.3 Å². The molecule has 1 aromatic heterocycles. The SMILES string of the molecule is O=C(O)c1cn(C2CC2)c2cc(N3CCNCC3)c(F)cc2c1=O.[Cl-]. The molecule has 1 aromatic carbocycles. The highest BCUT2D eigenvalue weighted by molar-refractivity contribution is 5.93. The van der Waals surface area contributed by atoms with Crippen molar-refractivity contribution in [2.45, 2.75) is 18.9 Å². The first-order chi connectivity index (χ1) is 11.6. The molecule has 0 unspecified atom stereocenters. The molecule has 1 saturated heterocycles. The van der Waals surface area contributed by atoms with Crippen LogP contribution in [0.25, 0.3) is 10.9 Å². The topological polar surface area (TPSA) is 74.6 Å². The number of carbonyl (C=O) groups is 1. The van der Waals surface area contributed by atoms with Crippen molar-refractivity contribution in [3.8, 4) is 0 Å². The lowest BCUT2D eigenvalue weighted by Crippen LogP contribution is -3.00. The molecule has 0 amide bonds. The molecule has 2 N–H and O–H groups in total. The Labute approximate surface area is 149 Å². The van der Waals surface area contributed by atoms with Crippen molar-refractivity contribution in [3.63, 3.8) is 0 Å². The largest absolute Gasteiger partial charge is 1.00 e. The number of nitrogens with zero attached hydrogens (tertiary/aromatic N) is 2. The number of aromatic nitrogens is 1. The van der Waals surface area contributed by atoms with Gasteiger partial charge in [0.05, 0.1) is 11.2 Å². The maximum absolute atomic E-state index is 14.6. The fourth-order valence-electron chi connectivity index (χ4n) is 3.31. The quantitative estimate of drug-likeness (QED) is 0.698. The molecule has 1 aliphatic carbocycles. The minimum Gasteiger partial charge on any atom is -1.00 e. The summed E-state index contributed by atoms with van der Waals surface area (Å²) in [7, 11) is 0. The molecule has 134 valence electrons. The van der Waals surface area contributed by atoms with Crippen molar-refractivity contribution in [2.24, 2.45) is 0 Å². The second-order valence-electron chi connectivity index (χ2n) is 6.37. The predicted octanol–water partition coefficient (Wildman–Crippen LogP) is -1.41. The third-order valence-corrected chi connectivity index (χ3v) is 4.73. The molecule has 25 heavy (non-hydrogen) atoms. The number of benzene rings is 1. The van der Waals surface area contributed by atoms with E-state index in [9.17, 15) is 19.1 Å². The zero-order chi connectivity index (χ0) is 16.8. The second kappa shape index (κ2) is 6.65. The van der Waals surface area contributed by atoms with Gasteiger partial charge in [-0.2, -0.15) is 0 Å². The average Bonchev–Trinajstić information content (AvgIpc) is 3.40. The number of rotatable bonds is 3. The Kier molecular flexibility index (Phi) is 4.71. The summed E-state index contributed by atoms with van der Waals surface area (Å²) in [5.41, 5.74) is 0.159. The minimum absolute atomic E-state index is 0. The highest BCUT2D eigenvalue weighted by Gasteiger charge is 2.28. The second-order valence-corrected chi connectivity index (χ2v) is 6.37. The van der Waals surface area contributed by atoms with Crippen LogP contribution < -0.4 is 28.1 Å². The molecule has 2 aromatic rings. The zero-order valence-electron chi connectivity index (χ0n) is 13.5. The third-order valence-electron chi connectivity index (χ3n) is 4.73. The van der Waals surface area contributed by atoms with Crippen LogP contribution in [0.1, 0.15) is 29.2 Å². The Morgan fingerprint density at radius 3 is 2.52 bits per heavy atom. The van der Waals surface area contributed by atoms with Gasteiger partial charge in [-0.15, -0.1) is 0 Å². The number of pyridine rings is 1. The number of carboxylic acid groups (broad SMARTS) is 1. The number of fused-ring (bicyclic) bond motifs is 1. The first kappa shape index (κ1) is 17.7. The molecule has 8 heteroatoms. The molecule has 0 bridgehead atoms. The van der Waals surface area contributed by atoms with Crippen LogP contribution in [-0.2, 0) is 0 Å². The zero-order valence-corrected chi connectivity index (χ0v) is 14.2. The lowest BCUT2D eigenvalue weighted by Gasteiger charge is -2.30. The summed E-state index contributed by atoms with van der Waals surface area (Å²) in [5.74, 6) is -1.76. The lowest BCUT2D eigenvalue weighted by molar-refractivity contribution is -0.0000211. The fraction of sp³-hybridized carbons (Fsp3) is 0.412. The molecule has 2 aliphatic rings. The van der Waals surface area contributed by atoms with Gasteiger partial charge in [-0.25, -0.2) is 9.18 Å². The number of aromatic carboxylic acids is 1. The summed E-state index contributed by atoms with van der Waals surface area (Å²) < 4.78 is 16.4. The predicted molar refractivity (Wildman–Crippen MR) is 88.5 cm³/mol. The van der Waals surface area contributed by atoms with Gasteiger partial charge in [0.2, 0.25) is 5.43 Å². The number of halogens is 2. The molecule has 2 heterocycles. The molecule has 2 fully saturated rings. The van der Waals surface area contributed by atoms with Crippen molar-refractivity contribution in [2.75, 3.05) is 31.1 Å². The Balaban J connectivity index is 0.00000182. The molecular formula is C17H18ClFN3O3-. The molecule has 4 rings (SSSR count). The van der Waals surface area contributed by atoms with Crippen LogP contribution in [0.2, 0.25) is 0 Å². The van der Waals surface area contributed by atoms with Gasteiger partial charge in [0, 0.05) is 43.8 Å². The summed E-state index contributed by atoms with van der Waals surface area (Å²) >= 11 is 0. The van der Waals surface area contributed by atoms with Crippen LogP contribution in [0, 0.1) is 5.82 Å². The summed E-state index contributed by atoms with van der Waals surface area (Å²) in [6, 6.07) is 3.08. The van der Waals surface area contributed by atoms with Crippen LogP contribution >= 0.6 is 0 Å². The summed E-state index contributed by atoms with van der Waals surface area (Å²) in [5, 5.41) is 12.6. The van der Waals surface area contributed by atoms with Crippen LogP contribution in [-0.4, -0.2) is 41.8 Å². The number of nitrogens with one attached hydrogen (secondary N) is 1. The van der Waals surface area contributed by atoms with Crippen molar-refractivity contribution in [1.29, 1.82) is 0 Å². The van der Waals surface area contributed by atoms with Crippen molar-refractivity contribution < 1.29 is 26.7 Å². The number of carboxylic acids is 1. The van der Waals surface area contributed by atoms with Crippen molar-refractivity contribution >= 4 is 22.6 Å². The van der Waals surface area contributed by atoms with E-state index in [1.807, 2.05) is 9.47 Å². The number of hydrogen-bond acceptors (Lipinski definition) is 4. The third kappa shape index (κ3) is 3.09. The molecular weight excluding hydrogens is 349 g/mol. The van der Waals surface area contributed by atoms with E-state index in [1.54, 1.807) is 6.07 Å². The van der Waals surface area contributed by atoms with Crippen LogP contribution in [0.15, 0.2) is 23.1 Å². The van der Waals surface area contributed by atoms with Gasteiger partial charge in [-0.05, 0) is 25.0 Å². The molecule has 0 spiro atoms. The molecule has 0 atom stereocenters. The number of piperazine rings is 1. The lowest BCUT2D eigenvalue weighted by atomic mass is 10.1. The van der Waals surface area contributed by atoms with E-state index >= 15 is 0 Å². The standard InChI is InChI=1S/C17H18FN3O3.ClH/c18-13-7-11-14(8-15(13)20-5-3-19-4-6-20)21(10-1-2-10)9-12(16(11)22)17(23)24;/h7-10,19H,1-6H2,(H,23,24);1H/p-1. The van der Waals surface area contributed by atoms with Crippen molar-refractivity contribution in [1.82, 2.24) is 9.88 Å². The van der Waals surface area contributed by atoms with E-state index in [0.717, 1.165) is 25.9 Å². The van der Waals surface area contributed by atoms with Gasteiger partial charge >= 0.3 is 5.97 Å². The smallest absolute Gasteiger partial charge is 0.341 e. The maximum atomic E-state index is 14.6. The Morgan fingerprint density at radius 2 is 1.92 bits per heavy atom. The van der Waals surface area contributed by atoms with Crippen LogP contribution in [0.3, 0.4) is 0 Å². The van der Waals surface area contributed by atoms with Crippen LogP contribution in [0.4, 0.5) is 10.1 Å². The monoisotopic (exact) mass is 366 g/mol. The maximum Gasteiger partial charge on any atom is 0.341 e. The summed E-state index contributed by atoms with van der Waals surface area (Å²) in [6.07, 6.45) is 3.29. The van der Waals surface area contributed by atoms with Gasteiger partial charge in [0.15, 0.2) is 0 Å². The van der Waals surface area contributed by atoms with Crippen LogP contribution in [0.5, 0.6) is 0 Å². The van der Waals surface area contributed by atoms with E-state index in [-0.39, 0.29) is 29.4 Å². The van der Waals surface area contributed by atoms with E-state index in [4.69, 9.17) is 0 Å². The fourth-order valence-corrected chi connectivity index (χ4v) is 3.31. The summed E-state index contributed by atoms with van der Waals surface area (Å²) in [4.78, 5) is 25.7. The van der Waals surface area contributed by atoms with Gasteiger partial charge in [-0.1, -0.05) is 0 Å². The van der Waals surface area contributed by atoms with Gasteiger partial charge in [-0.3, -0.25) is 4.79 Å². The minimum atomic E-state index is -1.28. The van der Waals surface area contributed by atoms with Gasteiger partial charge in [0.1, 0.15) is 11.4 Å². The molecule has 0 radical (unpaired) electrons. The number of anilines is 1. The van der Waals surface area contributed by atoms with Gasteiger partial charge < -0.3 is 32.3 Å². The first-order valence-corrected chi connectivity index (χ1v) is 8.13. The Hall–Kier alpha value is -2.12. The van der Waals surface area contributed by atoms with Crippen molar-refractivity contribution in [3.05, 3.63) is 39.9 Å². The van der Waals surface area contributed by atoms with E-state index in [2.05, 4.69) is 5.32 Å². The molecule has 1 aliphatic heterocycles. The molecule has 6 nitrogen and oxygen atoms in total.